The molecule has 3 rings (SSSR count). The van der Waals surface area contributed by atoms with Gasteiger partial charge in [0.15, 0.2) is 0 Å². The third-order valence-corrected chi connectivity index (χ3v) is 5.01. The number of nitrogens with one attached hydrogen (secondary N) is 1. The Labute approximate surface area is 138 Å². The molecule has 1 aliphatic carbocycles. The van der Waals surface area contributed by atoms with Crippen LogP contribution in [0.4, 0.5) is 5.95 Å². The summed E-state index contributed by atoms with van der Waals surface area (Å²) in [6.07, 6.45) is 9.39. The predicted molar refractivity (Wildman–Crippen MR) is 91.3 cm³/mol. The lowest BCUT2D eigenvalue weighted by molar-refractivity contribution is -0.121. The highest BCUT2D eigenvalue weighted by molar-refractivity contribution is 5.75. The minimum atomic E-state index is 0.149. The second kappa shape index (κ2) is 7.75. The highest BCUT2D eigenvalue weighted by Gasteiger charge is 2.17. The van der Waals surface area contributed by atoms with Gasteiger partial charge in [-0.25, -0.2) is 9.97 Å². The minimum absolute atomic E-state index is 0.149. The number of aryl methyl sites for hydroxylation is 1. The molecule has 1 saturated heterocycles. The van der Waals surface area contributed by atoms with Gasteiger partial charge < -0.3 is 10.2 Å². The number of rotatable bonds is 6. The van der Waals surface area contributed by atoms with Crippen molar-refractivity contribution in [2.75, 3.05) is 18.0 Å². The SMILES string of the molecule is Cc1cc(CNC(=O)CCC2CCCC2)nc(N2CCCC2)n1. The molecule has 1 N–H and O–H groups in total. The van der Waals surface area contributed by atoms with E-state index in [0.29, 0.717) is 13.0 Å². The Balaban J connectivity index is 1.49. The second-order valence-electron chi connectivity index (χ2n) is 6.96. The summed E-state index contributed by atoms with van der Waals surface area (Å²) < 4.78 is 0. The Morgan fingerprint density at radius 3 is 2.70 bits per heavy atom. The van der Waals surface area contributed by atoms with Crippen LogP contribution >= 0.6 is 0 Å². The summed E-state index contributed by atoms with van der Waals surface area (Å²) >= 11 is 0. The summed E-state index contributed by atoms with van der Waals surface area (Å²) in [5.41, 5.74) is 1.88. The van der Waals surface area contributed by atoms with Gasteiger partial charge in [-0.3, -0.25) is 4.79 Å². The Morgan fingerprint density at radius 2 is 1.96 bits per heavy atom. The van der Waals surface area contributed by atoms with Crippen molar-refractivity contribution < 1.29 is 4.79 Å². The number of aromatic nitrogens is 2. The van der Waals surface area contributed by atoms with Crippen LogP contribution in [0.25, 0.3) is 0 Å². The molecule has 0 radical (unpaired) electrons. The van der Waals surface area contributed by atoms with Crippen molar-refractivity contribution >= 4 is 11.9 Å². The summed E-state index contributed by atoms with van der Waals surface area (Å²) in [5.74, 6) is 1.73. The Hall–Kier alpha value is -1.65. The van der Waals surface area contributed by atoms with Crippen molar-refractivity contribution in [3.63, 3.8) is 0 Å². The first-order valence-electron chi connectivity index (χ1n) is 9.07. The maximum atomic E-state index is 12.0. The molecular weight excluding hydrogens is 288 g/mol. The van der Waals surface area contributed by atoms with Crippen molar-refractivity contribution in [3.05, 3.63) is 17.5 Å². The van der Waals surface area contributed by atoms with E-state index in [1.54, 1.807) is 0 Å². The fourth-order valence-electron chi connectivity index (χ4n) is 3.68. The lowest BCUT2D eigenvalue weighted by Crippen LogP contribution is -2.25. The molecule has 0 atom stereocenters. The molecule has 2 aliphatic rings. The lowest BCUT2D eigenvalue weighted by Gasteiger charge is -2.16. The first-order chi connectivity index (χ1) is 11.2. The topological polar surface area (TPSA) is 58.1 Å². The third-order valence-electron chi connectivity index (χ3n) is 5.01. The van der Waals surface area contributed by atoms with Crippen molar-refractivity contribution in [3.8, 4) is 0 Å². The van der Waals surface area contributed by atoms with Crippen molar-refractivity contribution in [1.29, 1.82) is 0 Å². The largest absolute Gasteiger partial charge is 0.350 e. The van der Waals surface area contributed by atoms with Gasteiger partial charge in [0.2, 0.25) is 11.9 Å². The van der Waals surface area contributed by atoms with E-state index in [4.69, 9.17) is 0 Å². The monoisotopic (exact) mass is 316 g/mol. The molecular formula is C18H28N4O. The molecule has 1 aromatic rings. The Morgan fingerprint density at radius 1 is 1.22 bits per heavy atom. The van der Waals surface area contributed by atoms with E-state index in [1.807, 2.05) is 13.0 Å². The summed E-state index contributed by atoms with van der Waals surface area (Å²) in [4.78, 5) is 23.4. The molecule has 0 bridgehead atoms. The molecule has 2 fully saturated rings. The van der Waals surface area contributed by atoms with E-state index in [9.17, 15) is 4.79 Å². The molecule has 2 heterocycles. The van der Waals surface area contributed by atoms with Crippen LogP contribution in [-0.2, 0) is 11.3 Å². The lowest BCUT2D eigenvalue weighted by atomic mass is 10.0. The van der Waals surface area contributed by atoms with Gasteiger partial charge in [0.1, 0.15) is 0 Å². The highest BCUT2D eigenvalue weighted by Crippen LogP contribution is 2.28. The molecule has 0 unspecified atom stereocenters. The number of hydrogen-bond donors (Lipinski definition) is 1. The number of carbonyl (C=O) groups excluding carboxylic acids is 1. The van der Waals surface area contributed by atoms with E-state index < -0.39 is 0 Å². The van der Waals surface area contributed by atoms with Crippen molar-refractivity contribution in [1.82, 2.24) is 15.3 Å². The molecule has 1 saturated carbocycles. The minimum Gasteiger partial charge on any atom is -0.350 e. The molecule has 0 spiro atoms. The Bertz CT molecular complexity index is 534. The van der Waals surface area contributed by atoms with Crippen LogP contribution in [-0.4, -0.2) is 29.0 Å². The summed E-state index contributed by atoms with van der Waals surface area (Å²) in [7, 11) is 0. The quantitative estimate of drug-likeness (QED) is 0.876. The van der Waals surface area contributed by atoms with Crippen LogP contribution in [0.3, 0.4) is 0 Å². The number of nitrogens with zero attached hydrogens (tertiary/aromatic N) is 3. The fraction of sp³-hybridized carbons (Fsp3) is 0.722. The van der Waals surface area contributed by atoms with Crippen LogP contribution in [0.5, 0.6) is 0 Å². The average Bonchev–Trinajstić information content (AvgIpc) is 3.23. The van der Waals surface area contributed by atoms with E-state index in [0.717, 1.165) is 42.8 Å². The Kier molecular flexibility index (Phi) is 5.47. The first kappa shape index (κ1) is 16.2. The molecule has 5 heteroatoms. The van der Waals surface area contributed by atoms with Crippen LogP contribution in [0.15, 0.2) is 6.07 Å². The summed E-state index contributed by atoms with van der Waals surface area (Å²) in [6, 6.07) is 1.97. The standard InChI is InChI=1S/C18H28N4O/c1-14-12-16(21-18(20-14)22-10-4-5-11-22)13-19-17(23)9-8-15-6-2-3-7-15/h12,15H,2-11,13H2,1H3,(H,19,23). The third kappa shape index (κ3) is 4.66. The van der Waals surface area contributed by atoms with E-state index in [-0.39, 0.29) is 5.91 Å². The van der Waals surface area contributed by atoms with Crippen LogP contribution in [0, 0.1) is 12.8 Å². The maximum absolute atomic E-state index is 12.0. The molecule has 0 aromatic carbocycles. The van der Waals surface area contributed by atoms with Gasteiger partial charge in [-0.1, -0.05) is 25.7 Å². The van der Waals surface area contributed by atoms with Gasteiger partial charge in [-0.15, -0.1) is 0 Å². The second-order valence-corrected chi connectivity index (χ2v) is 6.96. The summed E-state index contributed by atoms with van der Waals surface area (Å²) in [5, 5.41) is 3.02. The molecule has 1 aliphatic heterocycles. The number of carbonyl (C=O) groups is 1. The van der Waals surface area contributed by atoms with E-state index in [2.05, 4.69) is 20.2 Å². The van der Waals surface area contributed by atoms with Crippen LogP contribution in [0.2, 0.25) is 0 Å². The smallest absolute Gasteiger partial charge is 0.225 e. The van der Waals surface area contributed by atoms with Crippen LogP contribution < -0.4 is 10.2 Å². The number of anilines is 1. The zero-order valence-electron chi connectivity index (χ0n) is 14.2. The van der Waals surface area contributed by atoms with Crippen LogP contribution in [0.1, 0.15) is 62.8 Å². The highest BCUT2D eigenvalue weighted by atomic mass is 16.1. The van der Waals surface area contributed by atoms with E-state index >= 15 is 0 Å². The zero-order chi connectivity index (χ0) is 16.1. The van der Waals surface area contributed by atoms with Crippen molar-refractivity contribution in [2.24, 2.45) is 5.92 Å². The van der Waals surface area contributed by atoms with Crippen molar-refractivity contribution in [2.45, 2.75) is 64.8 Å². The van der Waals surface area contributed by atoms with Gasteiger partial charge in [-0.2, -0.15) is 0 Å². The molecule has 1 aromatic heterocycles. The number of hydrogen-bond acceptors (Lipinski definition) is 4. The first-order valence-corrected chi connectivity index (χ1v) is 9.07. The van der Waals surface area contributed by atoms with Gasteiger partial charge in [0, 0.05) is 25.2 Å². The van der Waals surface area contributed by atoms with Gasteiger partial charge >= 0.3 is 0 Å². The molecule has 126 valence electrons. The zero-order valence-corrected chi connectivity index (χ0v) is 14.2. The van der Waals surface area contributed by atoms with Gasteiger partial charge in [0.25, 0.3) is 0 Å². The van der Waals surface area contributed by atoms with Gasteiger partial charge in [-0.05, 0) is 38.2 Å². The molecule has 23 heavy (non-hydrogen) atoms. The van der Waals surface area contributed by atoms with Gasteiger partial charge in [0.05, 0.1) is 12.2 Å². The summed E-state index contributed by atoms with van der Waals surface area (Å²) in [6.45, 7) is 4.58. The molecule has 1 amide bonds. The molecule has 5 nitrogen and oxygen atoms in total. The average molecular weight is 316 g/mol. The normalized spacial score (nSPS) is 18.6. The van der Waals surface area contributed by atoms with E-state index in [1.165, 1.54) is 38.5 Å². The predicted octanol–water partition coefficient (Wildman–Crippen LogP) is 2.97. The maximum Gasteiger partial charge on any atom is 0.225 e. The fourth-order valence-corrected chi connectivity index (χ4v) is 3.68. The number of amides is 1.